The van der Waals surface area contributed by atoms with Crippen LogP contribution < -0.4 is 5.32 Å². The molecule has 17 heavy (non-hydrogen) atoms. The standard InChI is InChI=1S/C15H30N2/c1-4-17(11-12(2)3)10-9-16-15(13-5-6-13)14-7-8-14/h12-16H,4-11H2,1-3H3. The predicted octanol–water partition coefficient (Wildman–Crippen LogP) is 2.74. The van der Waals surface area contributed by atoms with E-state index in [-0.39, 0.29) is 0 Å². The van der Waals surface area contributed by atoms with E-state index >= 15 is 0 Å². The average Bonchev–Trinajstić information content (AvgIpc) is 3.15. The van der Waals surface area contributed by atoms with Crippen LogP contribution in [0.15, 0.2) is 0 Å². The van der Waals surface area contributed by atoms with Crippen LogP contribution in [-0.2, 0) is 0 Å². The summed E-state index contributed by atoms with van der Waals surface area (Å²) >= 11 is 0. The summed E-state index contributed by atoms with van der Waals surface area (Å²) in [7, 11) is 0. The molecule has 0 bridgehead atoms. The number of nitrogens with one attached hydrogen (secondary N) is 1. The Morgan fingerprint density at radius 3 is 2.12 bits per heavy atom. The molecule has 2 aliphatic rings. The molecule has 2 heteroatoms. The van der Waals surface area contributed by atoms with Gasteiger partial charge in [0.1, 0.15) is 0 Å². The van der Waals surface area contributed by atoms with Crippen LogP contribution in [-0.4, -0.2) is 37.1 Å². The van der Waals surface area contributed by atoms with Crippen LogP contribution >= 0.6 is 0 Å². The van der Waals surface area contributed by atoms with Crippen LogP contribution in [0.1, 0.15) is 46.5 Å². The van der Waals surface area contributed by atoms with Crippen LogP contribution in [0.2, 0.25) is 0 Å². The van der Waals surface area contributed by atoms with Crippen molar-refractivity contribution in [3.63, 3.8) is 0 Å². The van der Waals surface area contributed by atoms with Gasteiger partial charge in [-0.3, -0.25) is 0 Å². The minimum atomic E-state index is 0.789. The molecule has 1 N–H and O–H groups in total. The zero-order valence-electron chi connectivity index (χ0n) is 11.9. The second-order valence-electron chi connectivity index (χ2n) is 6.44. The molecular formula is C15H30N2. The quantitative estimate of drug-likeness (QED) is 0.664. The summed E-state index contributed by atoms with van der Waals surface area (Å²) in [6.07, 6.45) is 5.94. The molecule has 0 unspecified atom stereocenters. The first kappa shape index (κ1) is 13.4. The van der Waals surface area contributed by atoms with Crippen molar-refractivity contribution in [3.05, 3.63) is 0 Å². The molecule has 0 heterocycles. The van der Waals surface area contributed by atoms with E-state index in [0.29, 0.717) is 0 Å². The summed E-state index contributed by atoms with van der Waals surface area (Å²) in [6, 6.07) is 0.868. The zero-order valence-corrected chi connectivity index (χ0v) is 11.9. The van der Waals surface area contributed by atoms with Gasteiger partial charge >= 0.3 is 0 Å². The molecule has 2 rings (SSSR count). The highest BCUT2D eigenvalue weighted by Crippen LogP contribution is 2.44. The van der Waals surface area contributed by atoms with Crippen molar-refractivity contribution in [2.45, 2.75) is 52.5 Å². The van der Waals surface area contributed by atoms with Crippen molar-refractivity contribution in [2.75, 3.05) is 26.2 Å². The summed E-state index contributed by atoms with van der Waals surface area (Å²) in [5, 5.41) is 3.84. The van der Waals surface area contributed by atoms with Crippen LogP contribution in [0, 0.1) is 17.8 Å². The fourth-order valence-corrected chi connectivity index (χ4v) is 2.91. The molecule has 0 aromatic carbocycles. The second-order valence-corrected chi connectivity index (χ2v) is 6.44. The lowest BCUT2D eigenvalue weighted by Crippen LogP contribution is -2.40. The lowest BCUT2D eigenvalue weighted by atomic mass is 10.1. The summed E-state index contributed by atoms with van der Waals surface area (Å²) in [6.45, 7) is 11.8. The number of hydrogen-bond donors (Lipinski definition) is 1. The SMILES string of the molecule is CCN(CCNC(C1CC1)C1CC1)CC(C)C. The molecule has 0 amide bonds. The van der Waals surface area contributed by atoms with Gasteiger partial charge in [0.15, 0.2) is 0 Å². The Kier molecular flexibility index (Phi) is 4.87. The molecule has 100 valence electrons. The Morgan fingerprint density at radius 2 is 1.71 bits per heavy atom. The molecule has 2 aliphatic carbocycles. The highest BCUT2D eigenvalue weighted by atomic mass is 15.1. The molecule has 2 nitrogen and oxygen atoms in total. The van der Waals surface area contributed by atoms with Gasteiger partial charge in [-0.15, -0.1) is 0 Å². The van der Waals surface area contributed by atoms with Gasteiger partial charge in [0, 0.05) is 25.7 Å². The van der Waals surface area contributed by atoms with E-state index in [1.165, 1.54) is 51.9 Å². The van der Waals surface area contributed by atoms with Gasteiger partial charge in [-0.05, 0) is 50.0 Å². The normalized spacial score (nSPS) is 20.8. The maximum absolute atomic E-state index is 3.84. The molecular weight excluding hydrogens is 208 g/mol. The van der Waals surface area contributed by atoms with Crippen LogP contribution in [0.3, 0.4) is 0 Å². The van der Waals surface area contributed by atoms with Crippen molar-refractivity contribution in [2.24, 2.45) is 17.8 Å². The van der Waals surface area contributed by atoms with E-state index in [1.807, 2.05) is 0 Å². The minimum absolute atomic E-state index is 0.789. The third kappa shape index (κ3) is 4.59. The molecule has 0 radical (unpaired) electrons. The van der Waals surface area contributed by atoms with Crippen LogP contribution in [0.25, 0.3) is 0 Å². The van der Waals surface area contributed by atoms with E-state index in [4.69, 9.17) is 0 Å². The third-order valence-corrected chi connectivity index (χ3v) is 4.14. The maximum Gasteiger partial charge on any atom is 0.0124 e. The van der Waals surface area contributed by atoms with Crippen LogP contribution in [0.4, 0.5) is 0 Å². The van der Waals surface area contributed by atoms with Gasteiger partial charge in [0.25, 0.3) is 0 Å². The van der Waals surface area contributed by atoms with Gasteiger partial charge in [-0.25, -0.2) is 0 Å². The monoisotopic (exact) mass is 238 g/mol. The smallest absolute Gasteiger partial charge is 0.0124 e. The number of hydrogen-bond acceptors (Lipinski definition) is 2. The maximum atomic E-state index is 3.84. The van der Waals surface area contributed by atoms with Crippen molar-refractivity contribution >= 4 is 0 Å². The van der Waals surface area contributed by atoms with Crippen LogP contribution in [0.5, 0.6) is 0 Å². The fourth-order valence-electron chi connectivity index (χ4n) is 2.91. The first-order chi connectivity index (χ1) is 8.20. The molecule has 0 aromatic heterocycles. The topological polar surface area (TPSA) is 15.3 Å². The second kappa shape index (κ2) is 6.19. The fraction of sp³-hybridized carbons (Fsp3) is 1.00. The average molecular weight is 238 g/mol. The van der Waals surface area contributed by atoms with Crippen molar-refractivity contribution in [3.8, 4) is 0 Å². The van der Waals surface area contributed by atoms with Gasteiger partial charge in [-0.1, -0.05) is 20.8 Å². The Morgan fingerprint density at radius 1 is 1.12 bits per heavy atom. The number of nitrogens with zero attached hydrogens (tertiary/aromatic N) is 1. The highest BCUT2D eigenvalue weighted by Gasteiger charge is 2.40. The predicted molar refractivity (Wildman–Crippen MR) is 74.2 cm³/mol. The number of likely N-dealkylation sites (N-methyl/N-ethyl adjacent to an activating group) is 1. The summed E-state index contributed by atoms with van der Waals surface area (Å²) in [5.74, 6) is 2.85. The van der Waals surface area contributed by atoms with E-state index < -0.39 is 0 Å². The van der Waals surface area contributed by atoms with Gasteiger partial charge in [0.2, 0.25) is 0 Å². The van der Waals surface area contributed by atoms with Crippen molar-refractivity contribution < 1.29 is 0 Å². The Labute approximate surface area is 107 Å². The first-order valence-corrected chi connectivity index (χ1v) is 7.66. The first-order valence-electron chi connectivity index (χ1n) is 7.66. The van der Waals surface area contributed by atoms with Gasteiger partial charge < -0.3 is 10.2 Å². The Balaban J connectivity index is 1.62. The van der Waals surface area contributed by atoms with Crippen molar-refractivity contribution in [1.29, 1.82) is 0 Å². The summed E-state index contributed by atoms with van der Waals surface area (Å²) < 4.78 is 0. The van der Waals surface area contributed by atoms with Gasteiger partial charge in [0.05, 0.1) is 0 Å². The molecule has 2 fully saturated rings. The Hall–Kier alpha value is -0.0800. The van der Waals surface area contributed by atoms with E-state index in [1.54, 1.807) is 0 Å². The molecule has 0 aromatic rings. The molecule has 2 saturated carbocycles. The Bertz CT molecular complexity index is 207. The minimum Gasteiger partial charge on any atom is -0.312 e. The summed E-state index contributed by atoms with van der Waals surface area (Å²) in [5.41, 5.74) is 0. The number of rotatable bonds is 9. The molecule has 0 spiro atoms. The highest BCUT2D eigenvalue weighted by molar-refractivity contribution is 4.96. The van der Waals surface area contributed by atoms with E-state index in [9.17, 15) is 0 Å². The van der Waals surface area contributed by atoms with E-state index in [2.05, 4.69) is 31.0 Å². The molecule has 0 saturated heterocycles. The third-order valence-electron chi connectivity index (χ3n) is 4.14. The summed E-state index contributed by atoms with van der Waals surface area (Å²) in [4.78, 5) is 2.58. The van der Waals surface area contributed by atoms with E-state index in [0.717, 1.165) is 23.8 Å². The largest absolute Gasteiger partial charge is 0.312 e. The van der Waals surface area contributed by atoms with Gasteiger partial charge in [-0.2, -0.15) is 0 Å². The lowest BCUT2D eigenvalue weighted by Gasteiger charge is -2.25. The molecule has 0 aliphatic heterocycles. The lowest BCUT2D eigenvalue weighted by molar-refractivity contribution is 0.248. The van der Waals surface area contributed by atoms with Crippen molar-refractivity contribution in [1.82, 2.24) is 10.2 Å². The molecule has 0 atom stereocenters. The zero-order chi connectivity index (χ0) is 12.3.